The van der Waals surface area contributed by atoms with Gasteiger partial charge in [0.15, 0.2) is 0 Å². The molecule has 166 valence electrons. The second kappa shape index (κ2) is 10.0. The molecule has 1 amide bonds. The molecular weight excluding hydrogens is 459 g/mol. The van der Waals surface area contributed by atoms with E-state index in [2.05, 4.69) is 17.7 Å². The van der Waals surface area contributed by atoms with E-state index in [0.29, 0.717) is 31.2 Å². The van der Waals surface area contributed by atoms with Crippen LogP contribution in [0.5, 0.6) is 0 Å². The second-order valence-corrected chi connectivity index (χ2v) is 10.3. The molecule has 0 saturated carbocycles. The molecule has 1 aromatic carbocycles. The average molecular weight is 483 g/mol. The first kappa shape index (κ1) is 23.6. The highest BCUT2D eigenvalue weighted by Gasteiger charge is 2.31. The van der Waals surface area contributed by atoms with Gasteiger partial charge in [0.2, 0.25) is 15.9 Å². The Labute approximate surface area is 192 Å². The fourth-order valence-corrected chi connectivity index (χ4v) is 5.58. The van der Waals surface area contributed by atoms with Crippen molar-refractivity contribution < 1.29 is 13.2 Å². The number of carbonyl (C=O) groups is 1. The first-order valence-corrected chi connectivity index (χ1v) is 12.3. The Morgan fingerprint density at radius 2 is 2.00 bits per heavy atom. The van der Waals surface area contributed by atoms with E-state index in [0.717, 1.165) is 12.8 Å². The van der Waals surface area contributed by atoms with Crippen LogP contribution in [0.15, 0.2) is 41.4 Å². The fraction of sp³-hybridized carbons (Fsp3) is 0.429. The highest BCUT2D eigenvalue weighted by atomic mass is 35.5. The third kappa shape index (κ3) is 5.80. The Bertz CT molecular complexity index is 1090. The maximum Gasteiger partial charge on any atom is 0.242 e. The topological polar surface area (TPSA) is 95.2 Å². The van der Waals surface area contributed by atoms with Crippen molar-refractivity contribution in [2.75, 3.05) is 13.1 Å². The van der Waals surface area contributed by atoms with Crippen LogP contribution < -0.4 is 4.72 Å². The van der Waals surface area contributed by atoms with Crippen molar-refractivity contribution in [2.45, 2.75) is 43.7 Å². The number of likely N-dealkylation sites (tertiary alicyclic amines) is 1. The van der Waals surface area contributed by atoms with Gasteiger partial charge in [-0.1, -0.05) is 30.1 Å². The van der Waals surface area contributed by atoms with Crippen LogP contribution in [0.4, 0.5) is 0 Å². The zero-order valence-corrected chi connectivity index (χ0v) is 19.4. The molecule has 1 aliphatic rings. The highest BCUT2D eigenvalue weighted by Crippen LogP contribution is 2.26. The number of carbonyl (C=O) groups excluding carboxylic acids is 1. The minimum Gasteiger partial charge on any atom is -0.341 e. The van der Waals surface area contributed by atoms with E-state index in [-0.39, 0.29) is 27.3 Å². The van der Waals surface area contributed by atoms with Crippen molar-refractivity contribution in [3.05, 3.63) is 52.3 Å². The molecule has 1 saturated heterocycles. The number of benzene rings is 1. The Hall–Kier alpha value is -2.05. The van der Waals surface area contributed by atoms with Crippen LogP contribution in [0.25, 0.3) is 0 Å². The maximum absolute atomic E-state index is 13.2. The number of nitriles is 1. The molecule has 2 heterocycles. The molecule has 0 aliphatic carbocycles. The van der Waals surface area contributed by atoms with Crippen LogP contribution in [0.3, 0.4) is 0 Å². The minimum absolute atomic E-state index is 0.0204. The van der Waals surface area contributed by atoms with Gasteiger partial charge in [0.1, 0.15) is 22.7 Å². The van der Waals surface area contributed by atoms with Gasteiger partial charge in [-0.2, -0.15) is 9.98 Å². The normalized spacial score (nSPS) is 16.1. The summed E-state index contributed by atoms with van der Waals surface area (Å²) in [5.41, 5.74) is 0.443. The van der Waals surface area contributed by atoms with Gasteiger partial charge < -0.3 is 9.47 Å². The summed E-state index contributed by atoms with van der Waals surface area (Å²) in [7, 11) is -4.10. The quantitative estimate of drug-likeness (QED) is 0.650. The zero-order chi connectivity index (χ0) is 22.6. The van der Waals surface area contributed by atoms with Crippen LogP contribution >= 0.6 is 23.2 Å². The molecule has 1 fully saturated rings. The molecule has 1 unspecified atom stereocenters. The number of aryl methyl sites for hydroxylation is 1. The smallest absolute Gasteiger partial charge is 0.242 e. The highest BCUT2D eigenvalue weighted by molar-refractivity contribution is 7.89. The molecule has 0 bridgehead atoms. The largest absolute Gasteiger partial charge is 0.341 e. The Morgan fingerprint density at radius 1 is 1.29 bits per heavy atom. The van der Waals surface area contributed by atoms with E-state index < -0.39 is 16.1 Å². The lowest BCUT2D eigenvalue weighted by Crippen LogP contribution is -2.51. The van der Waals surface area contributed by atoms with E-state index in [4.69, 9.17) is 23.2 Å². The molecule has 1 aromatic heterocycles. The number of halogens is 2. The third-order valence-corrected chi connectivity index (χ3v) is 7.66. The van der Waals surface area contributed by atoms with E-state index in [9.17, 15) is 18.5 Å². The predicted molar refractivity (Wildman–Crippen MR) is 119 cm³/mol. The van der Waals surface area contributed by atoms with Gasteiger partial charge in [-0.15, -0.1) is 0 Å². The van der Waals surface area contributed by atoms with Crippen molar-refractivity contribution in [1.29, 1.82) is 5.26 Å². The number of aromatic nitrogens is 1. The summed E-state index contributed by atoms with van der Waals surface area (Å²) in [6, 6.07) is 8.64. The lowest BCUT2D eigenvalue weighted by Gasteiger charge is -2.33. The van der Waals surface area contributed by atoms with E-state index >= 15 is 0 Å². The Morgan fingerprint density at radius 3 is 2.68 bits per heavy atom. The molecule has 31 heavy (non-hydrogen) atoms. The van der Waals surface area contributed by atoms with Gasteiger partial charge in [0.05, 0.1) is 5.02 Å². The summed E-state index contributed by atoms with van der Waals surface area (Å²) in [6.07, 6.45) is 3.67. The lowest BCUT2D eigenvalue weighted by atomic mass is 9.98. The van der Waals surface area contributed by atoms with Gasteiger partial charge in [0.25, 0.3) is 0 Å². The van der Waals surface area contributed by atoms with Crippen molar-refractivity contribution >= 4 is 39.1 Å². The lowest BCUT2D eigenvalue weighted by molar-refractivity contribution is -0.134. The predicted octanol–water partition coefficient (Wildman–Crippen LogP) is 3.66. The number of rotatable bonds is 7. The van der Waals surface area contributed by atoms with Crippen LogP contribution in [0, 0.1) is 17.2 Å². The summed E-state index contributed by atoms with van der Waals surface area (Å²) < 4.78 is 30.3. The molecule has 3 rings (SSSR count). The van der Waals surface area contributed by atoms with E-state index in [1.165, 1.54) is 18.2 Å². The summed E-state index contributed by atoms with van der Waals surface area (Å²) in [5, 5.41) is 9.46. The van der Waals surface area contributed by atoms with Crippen LogP contribution in [0.1, 0.15) is 31.9 Å². The number of amides is 1. The zero-order valence-electron chi connectivity index (χ0n) is 17.1. The van der Waals surface area contributed by atoms with Crippen LogP contribution in [-0.4, -0.2) is 42.9 Å². The number of hydrogen-bond donors (Lipinski definition) is 1. The number of nitrogens with zero attached hydrogens (tertiary/aromatic N) is 3. The Balaban J connectivity index is 1.84. The summed E-state index contributed by atoms with van der Waals surface area (Å²) >= 11 is 12.1. The van der Waals surface area contributed by atoms with Crippen molar-refractivity contribution in [1.82, 2.24) is 14.2 Å². The number of piperidine rings is 1. The van der Waals surface area contributed by atoms with Crippen molar-refractivity contribution in [3.8, 4) is 6.07 Å². The Kier molecular flexibility index (Phi) is 7.65. The average Bonchev–Trinajstić information content (AvgIpc) is 3.20. The third-order valence-electron chi connectivity index (χ3n) is 5.48. The van der Waals surface area contributed by atoms with E-state index in [1.807, 2.05) is 0 Å². The SMILES string of the molecule is CC1CCN(C(=O)C(CCn2cccc2C#N)NS(=O)(=O)c2cc(Cl)ccc2Cl)CC1. The molecule has 10 heteroatoms. The van der Waals surface area contributed by atoms with Crippen LogP contribution in [-0.2, 0) is 21.4 Å². The first-order valence-electron chi connectivity index (χ1n) is 10.0. The molecule has 1 atom stereocenters. The second-order valence-electron chi connectivity index (χ2n) is 7.74. The summed E-state index contributed by atoms with van der Waals surface area (Å²) in [6.45, 7) is 3.62. The minimum atomic E-state index is -4.10. The molecule has 2 aromatic rings. The van der Waals surface area contributed by atoms with Crippen molar-refractivity contribution in [2.24, 2.45) is 5.92 Å². The van der Waals surface area contributed by atoms with E-state index in [1.54, 1.807) is 27.8 Å². The van der Waals surface area contributed by atoms with Gasteiger partial charge >= 0.3 is 0 Å². The van der Waals surface area contributed by atoms with Gasteiger partial charge in [-0.3, -0.25) is 4.79 Å². The van der Waals surface area contributed by atoms with Crippen molar-refractivity contribution in [3.63, 3.8) is 0 Å². The number of nitrogens with one attached hydrogen (secondary N) is 1. The first-order chi connectivity index (χ1) is 14.7. The standard InChI is InChI=1S/C21H24Cl2N4O3S/c1-15-6-10-27(11-7-15)21(28)19(8-12-26-9-2-3-17(26)14-24)25-31(29,30)20-13-16(22)4-5-18(20)23/h2-5,9,13,15,19,25H,6-8,10-12H2,1H3. The summed E-state index contributed by atoms with van der Waals surface area (Å²) in [4.78, 5) is 14.8. The molecule has 1 aliphatic heterocycles. The molecular formula is C21H24Cl2N4O3S. The van der Waals surface area contributed by atoms with Gasteiger partial charge in [-0.05, 0) is 55.5 Å². The molecule has 0 spiro atoms. The van der Waals surface area contributed by atoms with Gasteiger partial charge in [-0.25, -0.2) is 8.42 Å². The fourth-order valence-electron chi connectivity index (χ4n) is 3.59. The number of sulfonamides is 1. The number of hydrogen-bond acceptors (Lipinski definition) is 4. The molecule has 1 N–H and O–H groups in total. The monoisotopic (exact) mass is 482 g/mol. The summed E-state index contributed by atoms with van der Waals surface area (Å²) in [5.74, 6) is 0.252. The van der Waals surface area contributed by atoms with Gasteiger partial charge in [0, 0.05) is 30.9 Å². The maximum atomic E-state index is 13.2. The molecule has 7 nitrogen and oxygen atoms in total. The molecule has 0 radical (unpaired) electrons. The van der Waals surface area contributed by atoms with Crippen LogP contribution in [0.2, 0.25) is 10.0 Å².